The van der Waals surface area contributed by atoms with Gasteiger partial charge in [0.25, 0.3) is 11.8 Å². The molecule has 7 nitrogen and oxygen atoms in total. The maximum atomic E-state index is 12.8. The van der Waals surface area contributed by atoms with Crippen molar-refractivity contribution in [2.75, 3.05) is 37.5 Å². The topological polar surface area (TPSA) is 87.7 Å². The number of benzene rings is 2. The summed E-state index contributed by atoms with van der Waals surface area (Å²) in [5.41, 5.74) is 1.77. The van der Waals surface area contributed by atoms with Crippen LogP contribution in [0.1, 0.15) is 10.4 Å². The molecule has 2 amide bonds. The molecule has 0 spiro atoms. The Morgan fingerprint density at radius 2 is 1.63 bits per heavy atom. The van der Waals surface area contributed by atoms with Crippen molar-refractivity contribution in [3.05, 3.63) is 59.9 Å². The molecular weight excluding hydrogens is 353 g/mol. The van der Waals surface area contributed by atoms with Gasteiger partial charge in [0.1, 0.15) is 12.4 Å². The van der Waals surface area contributed by atoms with Gasteiger partial charge in [-0.2, -0.15) is 0 Å². The van der Waals surface area contributed by atoms with Crippen LogP contribution in [0.5, 0.6) is 0 Å². The summed E-state index contributed by atoms with van der Waals surface area (Å²) in [5, 5.41) is 4.94. The number of carbonyl (C=O) groups is 3. The molecule has 0 radical (unpaired) electrons. The molecule has 0 aliphatic rings. The third-order valence-corrected chi connectivity index (χ3v) is 3.53. The van der Waals surface area contributed by atoms with E-state index in [-0.39, 0.29) is 5.56 Å². The molecule has 142 valence electrons. The van der Waals surface area contributed by atoms with Crippen LogP contribution in [0.2, 0.25) is 0 Å². The highest BCUT2D eigenvalue weighted by Crippen LogP contribution is 2.15. The molecule has 0 heterocycles. The molecule has 0 aromatic heterocycles. The number of anilines is 2. The molecule has 0 fully saturated rings. The van der Waals surface area contributed by atoms with Crippen LogP contribution in [-0.4, -0.2) is 45.0 Å². The molecule has 2 rings (SSSR count). The van der Waals surface area contributed by atoms with E-state index in [1.807, 2.05) is 31.1 Å². The van der Waals surface area contributed by atoms with Crippen molar-refractivity contribution < 1.29 is 23.5 Å². The summed E-state index contributed by atoms with van der Waals surface area (Å²) in [6.07, 6.45) is 0. The Hall–Kier alpha value is -3.42. The minimum absolute atomic E-state index is 0.211. The van der Waals surface area contributed by atoms with Crippen molar-refractivity contribution in [1.29, 1.82) is 0 Å². The zero-order valence-electron chi connectivity index (χ0n) is 15.0. The summed E-state index contributed by atoms with van der Waals surface area (Å²) in [6.45, 7) is -0.873. The van der Waals surface area contributed by atoms with Crippen molar-refractivity contribution >= 4 is 29.2 Å². The van der Waals surface area contributed by atoms with Gasteiger partial charge in [-0.15, -0.1) is 0 Å². The number of ether oxygens (including phenoxy) is 1. The molecule has 2 aromatic carbocycles. The van der Waals surface area contributed by atoms with E-state index in [4.69, 9.17) is 4.74 Å². The highest BCUT2D eigenvalue weighted by Gasteiger charge is 2.11. The van der Waals surface area contributed by atoms with E-state index in [2.05, 4.69) is 10.6 Å². The Morgan fingerprint density at radius 3 is 2.22 bits per heavy atom. The Morgan fingerprint density at radius 1 is 1.00 bits per heavy atom. The van der Waals surface area contributed by atoms with Crippen molar-refractivity contribution in [2.45, 2.75) is 0 Å². The first kappa shape index (κ1) is 19.9. The van der Waals surface area contributed by atoms with Gasteiger partial charge < -0.3 is 20.3 Å². The number of nitrogens with one attached hydrogen (secondary N) is 2. The molecule has 0 aliphatic heterocycles. The molecule has 8 heteroatoms. The Labute approximate surface area is 156 Å². The molecular formula is C19H20FN3O4. The monoisotopic (exact) mass is 373 g/mol. The standard InChI is InChI=1S/C19H20FN3O4/c1-23(2)16-9-7-15(8-10-16)22-17(24)12-27-18(25)11-21-19(26)13-3-5-14(20)6-4-13/h3-10H,11-12H2,1-2H3,(H,21,26)(H,22,24). The molecule has 0 saturated heterocycles. The largest absolute Gasteiger partial charge is 0.454 e. The molecule has 0 atom stereocenters. The van der Waals surface area contributed by atoms with Crippen molar-refractivity contribution in [3.8, 4) is 0 Å². The van der Waals surface area contributed by atoms with Gasteiger partial charge in [-0.25, -0.2) is 4.39 Å². The lowest BCUT2D eigenvalue weighted by Crippen LogP contribution is -2.32. The zero-order valence-corrected chi connectivity index (χ0v) is 15.0. The van der Waals surface area contributed by atoms with Crippen LogP contribution in [-0.2, 0) is 14.3 Å². The van der Waals surface area contributed by atoms with Gasteiger partial charge >= 0.3 is 5.97 Å². The predicted octanol–water partition coefficient (Wildman–Crippen LogP) is 1.80. The summed E-state index contributed by atoms with van der Waals surface area (Å²) in [7, 11) is 3.81. The number of amides is 2. The molecule has 27 heavy (non-hydrogen) atoms. The minimum Gasteiger partial charge on any atom is -0.454 e. The van der Waals surface area contributed by atoms with Gasteiger partial charge in [-0.3, -0.25) is 14.4 Å². The zero-order chi connectivity index (χ0) is 19.8. The number of nitrogens with zero attached hydrogens (tertiary/aromatic N) is 1. The van der Waals surface area contributed by atoms with Crippen LogP contribution < -0.4 is 15.5 Å². The molecule has 0 aliphatic carbocycles. The van der Waals surface area contributed by atoms with Crippen LogP contribution in [0.15, 0.2) is 48.5 Å². The number of carbonyl (C=O) groups excluding carboxylic acids is 3. The average molecular weight is 373 g/mol. The van der Waals surface area contributed by atoms with Gasteiger partial charge in [0.15, 0.2) is 6.61 Å². The molecule has 0 saturated carbocycles. The number of hydrogen-bond acceptors (Lipinski definition) is 5. The maximum Gasteiger partial charge on any atom is 0.325 e. The fraction of sp³-hybridized carbons (Fsp3) is 0.211. The number of rotatable bonds is 7. The summed E-state index contributed by atoms with van der Waals surface area (Å²) >= 11 is 0. The smallest absolute Gasteiger partial charge is 0.325 e. The predicted molar refractivity (Wildman–Crippen MR) is 99.1 cm³/mol. The van der Waals surface area contributed by atoms with Crippen LogP contribution in [0.4, 0.5) is 15.8 Å². The van der Waals surface area contributed by atoms with E-state index in [1.165, 1.54) is 12.1 Å². The van der Waals surface area contributed by atoms with Crippen LogP contribution in [0, 0.1) is 5.82 Å². The van der Waals surface area contributed by atoms with Crippen molar-refractivity contribution in [1.82, 2.24) is 5.32 Å². The molecule has 2 N–H and O–H groups in total. The van der Waals surface area contributed by atoms with E-state index in [9.17, 15) is 18.8 Å². The van der Waals surface area contributed by atoms with E-state index in [1.54, 1.807) is 12.1 Å². The van der Waals surface area contributed by atoms with E-state index in [0.29, 0.717) is 5.69 Å². The summed E-state index contributed by atoms with van der Waals surface area (Å²) in [6, 6.07) is 12.0. The lowest BCUT2D eigenvalue weighted by Gasteiger charge is -2.13. The summed E-state index contributed by atoms with van der Waals surface area (Å²) in [4.78, 5) is 37.1. The van der Waals surface area contributed by atoms with Crippen LogP contribution >= 0.6 is 0 Å². The van der Waals surface area contributed by atoms with Gasteiger partial charge in [0.2, 0.25) is 0 Å². The van der Waals surface area contributed by atoms with E-state index < -0.39 is 36.8 Å². The number of esters is 1. The highest BCUT2D eigenvalue weighted by atomic mass is 19.1. The summed E-state index contributed by atoms with van der Waals surface area (Å²) in [5.74, 6) is -2.26. The quantitative estimate of drug-likeness (QED) is 0.723. The van der Waals surface area contributed by atoms with Gasteiger partial charge in [-0.1, -0.05) is 0 Å². The van der Waals surface area contributed by atoms with E-state index >= 15 is 0 Å². The Balaban J connectivity index is 1.72. The Kier molecular flexibility index (Phi) is 6.87. The van der Waals surface area contributed by atoms with Crippen LogP contribution in [0.25, 0.3) is 0 Å². The molecule has 2 aromatic rings. The maximum absolute atomic E-state index is 12.8. The van der Waals surface area contributed by atoms with Crippen LogP contribution in [0.3, 0.4) is 0 Å². The average Bonchev–Trinajstić information content (AvgIpc) is 2.65. The van der Waals surface area contributed by atoms with Crippen molar-refractivity contribution in [2.24, 2.45) is 0 Å². The lowest BCUT2D eigenvalue weighted by atomic mass is 10.2. The third-order valence-electron chi connectivity index (χ3n) is 3.53. The first-order valence-corrected chi connectivity index (χ1v) is 8.12. The normalized spacial score (nSPS) is 10.0. The molecule has 0 unspecified atom stereocenters. The molecule has 0 bridgehead atoms. The number of hydrogen-bond donors (Lipinski definition) is 2. The first-order chi connectivity index (χ1) is 12.8. The fourth-order valence-electron chi connectivity index (χ4n) is 2.09. The Bertz CT molecular complexity index is 805. The SMILES string of the molecule is CN(C)c1ccc(NC(=O)COC(=O)CNC(=O)c2ccc(F)cc2)cc1. The lowest BCUT2D eigenvalue weighted by molar-refractivity contribution is -0.146. The van der Waals surface area contributed by atoms with Gasteiger partial charge in [0, 0.05) is 31.0 Å². The third kappa shape index (κ3) is 6.43. The highest BCUT2D eigenvalue weighted by molar-refractivity contribution is 5.96. The van der Waals surface area contributed by atoms with Gasteiger partial charge in [0.05, 0.1) is 0 Å². The minimum atomic E-state index is -0.761. The second-order valence-electron chi connectivity index (χ2n) is 5.84. The van der Waals surface area contributed by atoms with E-state index in [0.717, 1.165) is 17.8 Å². The second-order valence-corrected chi connectivity index (χ2v) is 5.84. The second kappa shape index (κ2) is 9.33. The first-order valence-electron chi connectivity index (χ1n) is 8.12. The van der Waals surface area contributed by atoms with Crippen molar-refractivity contribution in [3.63, 3.8) is 0 Å². The number of halogens is 1. The fourth-order valence-corrected chi connectivity index (χ4v) is 2.09. The summed E-state index contributed by atoms with van der Waals surface area (Å²) < 4.78 is 17.6. The van der Waals surface area contributed by atoms with Gasteiger partial charge in [-0.05, 0) is 48.5 Å².